The molecule has 0 aliphatic rings. The van der Waals surface area contributed by atoms with Gasteiger partial charge in [0.25, 0.3) is 0 Å². The van der Waals surface area contributed by atoms with Crippen LogP contribution in [-0.2, 0) is 22.7 Å². The van der Waals surface area contributed by atoms with Gasteiger partial charge in [0.15, 0.2) is 0 Å². The first kappa shape index (κ1) is 57.9. The molecule has 0 saturated heterocycles. The first-order chi connectivity index (χ1) is 33.2. The summed E-state index contributed by atoms with van der Waals surface area (Å²) in [6, 6.07) is 29.4. The summed E-state index contributed by atoms with van der Waals surface area (Å²) in [7, 11) is 0. The van der Waals surface area contributed by atoms with Crippen LogP contribution in [0.15, 0.2) is 109 Å². The van der Waals surface area contributed by atoms with E-state index < -0.39 is 72.8 Å². The molecular weight excluding hydrogens is 947 g/mol. The number of aliphatic hydroxyl groups excluding tert-OH is 4. The number of carbonyl (C=O) groups is 4. The second-order valence-corrected chi connectivity index (χ2v) is 17.7. The van der Waals surface area contributed by atoms with Crippen LogP contribution in [0.1, 0.15) is 110 Å². The molecule has 4 aromatic carbocycles. The van der Waals surface area contributed by atoms with Crippen LogP contribution in [0.2, 0.25) is 0 Å². The zero-order chi connectivity index (χ0) is 51.4. The molecule has 0 aliphatic heterocycles. The fraction of sp³-hybridized carbons (Fsp3) is 0.333. The van der Waals surface area contributed by atoms with Crippen LogP contribution < -0.4 is 20.4 Å². The maximum Gasteiger partial charge on any atom is 2.00 e. The number of carboxylic acids is 4. The van der Waals surface area contributed by atoms with Gasteiger partial charge in [-0.15, -0.1) is 0 Å². The molecule has 0 radical (unpaired) electrons. The number of hydrogen-bond donors (Lipinski definition) is 4. The van der Waals surface area contributed by atoms with E-state index >= 15 is 0 Å². The number of halogens is 2. The minimum Gasteiger partial charge on any atom is -0.550 e. The van der Waals surface area contributed by atoms with Gasteiger partial charge < -0.3 is 69.2 Å². The Balaban J connectivity index is 0.000000304. The maximum atomic E-state index is 13.7. The monoisotopic (exact) mass is 1000 g/mol. The Hall–Kier alpha value is -5.72. The van der Waals surface area contributed by atoms with E-state index in [0.29, 0.717) is 56.2 Å². The van der Waals surface area contributed by atoms with Crippen molar-refractivity contribution in [3.8, 4) is 44.8 Å². The summed E-state index contributed by atoms with van der Waals surface area (Å²) in [5.74, 6) is -6.87. The van der Waals surface area contributed by atoms with Gasteiger partial charge in [0.2, 0.25) is 0 Å². The van der Waals surface area contributed by atoms with E-state index in [0.717, 1.165) is 0 Å². The second-order valence-electron chi connectivity index (χ2n) is 17.7. The van der Waals surface area contributed by atoms with Gasteiger partial charge in [-0.25, -0.2) is 8.78 Å². The minimum atomic E-state index is -1.41. The Morgan fingerprint density at radius 2 is 0.789 bits per heavy atom. The molecule has 0 aliphatic carbocycles. The van der Waals surface area contributed by atoms with Crippen molar-refractivity contribution >= 4 is 61.6 Å². The van der Waals surface area contributed by atoms with E-state index in [-0.39, 0.29) is 99.5 Å². The number of rotatable bonds is 22. The van der Waals surface area contributed by atoms with Crippen LogP contribution in [0.3, 0.4) is 0 Å². The smallest absolute Gasteiger partial charge is 0.550 e. The topological polar surface area (TPSA) is 251 Å². The van der Waals surface area contributed by atoms with Gasteiger partial charge in [0.05, 0.1) is 47.7 Å². The van der Waals surface area contributed by atoms with E-state index in [1.54, 1.807) is 81.9 Å². The molecule has 0 spiro atoms. The van der Waals surface area contributed by atoms with Gasteiger partial charge in [0.1, 0.15) is 11.6 Å². The molecule has 4 N–H and O–H groups in total. The Labute approximate surface area is 440 Å². The van der Waals surface area contributed by atoms with E-state index in [4.69, 9.17) is 0 Å². The molecule has 14 nitrogen and oxygen atoms in total. The SMILES string of the molecule is CC(C)c1c(C(=O)[O-])c(-c2ccccc2)c(-c2ccc(F)cc2)n1CC[C@@H](O)C[C@@H](O)CC(=O)[O-].CC(C)c1c(C(=O)[O-])c(-c2ccccc2)c(-c2ccc(F)cc2)n1CC[C@@H](O)C[C@@H](O)CC(=O)[O-].[Ca+2]. The zero-order valence-corrected chi connectivity index (χ0v) is 42.1. The number of hydrogen-bond acceptors (Lipinski definition) is 12. The predicted octanol–water partition coefficient (Wildman–Crippen LogP) is 3.80. The third-order valence-electron chi connectivity index (χ3n) is 11.7. The summed E-state index contributed by atoms with van der Waals surface area (Å²) < 4.78 is 31.0. The largest absolute Gasteiger partial charge is 2.00 e. The summed E-state index contributed by atoms with van der Waals surface area (Å²) in [6.07, 6.45) is -5.90. The summed E-state index contributed by atoms with van der Waals surface area (Å²) >= 11 is 0. The van der Waals surface area contributed by atoms with Gasteiger partial charge in [0, 0.05) is 71.5 Å². The molecule has 0 fully saturated rings. The Bertz CT molecular complexity index is 2540. The molecule has 0 amide bonds. The average Bonchev–Trinajstić information content (AvgIpc) is 3.83. The quantitative estimate of drug-likeness (QED) is 0.0710. The molecule has 0 bridgehead atoms. The van der Waals surface area contributed by atoms with Crippen LogP contribution in [0, 0.1) is 11.6 Å². The van der Waals surface area contributed by atoms with Crippen molar-refractivity contribution < 1.29 is 68.8 Å². The van der Waals surface area contributed by atoms with Crippen molar-refractivity contribution in [2.75, 3.05) is 0 Å². The summed E-state index contributed by atoms with van der Waals surface area (Å²) in [5.41, 5.74) is 5.47. The van der Waals surface area contributed by atoms with Gasteiger partial charge in [-0.1, -0.05) is 88.4 Å². The van der Waals surface area contributed by atoms with Crippen molar-refractivity contribution in [3.05, 3.63) is 143 Å². The van der Waals surface area contributed by atoms with Gasteiger partial charge in [-0.3, -0.25) is 0 Å². The van der Waals surface area contributed by atoms with Crippen LogP contribution in [0.4, 0.5) is 8.78 Å². The summed E-state index contributed by atoms with van der Waals surface area (Å²) in [4.78, 5) is 46.3. The Morgan fingerprint density at radius 3 is 1.06 bits per heavy atom. The first-order valence-corrected chi connectivity index (χ1v) is 22.9. The number of aliphatic carboxylic acids is 2. The average molecular weight is 1000 g/mol. The van der Waals surface area contributed by atoms with Gasteiger partial charge in [-0.05, 0) is 108 Å². The number of aliphatic hydroxyl groups is 4. The Kier molecular flexibility index (Phi) is 21.7. The molecule has 2 aromatic heterocycles. The van der Waals surface area contributed by atoms with Crippen molar-refractivity contribution in [3.63, 3.8) is 0 Å². The number of carbonyl (C=O) groups excluding carboxylic acids is 4. The third kappa shape index (κ3) is 15.2. The van der Waals surface area contributed by atoms with Crippen LogP contribution in [0.25, 0.3) is 44.8 Å². The second kappa shape index (κ2) is 26.6. The van der Waals surface area contributed by atoms with Crippen LogP contribution in [0.5, 0.6) is 0 Å². The fourth-order valence-corrected chi connectivity index (χ4v) is 8.91. The maximum absolute atomic E-state index is 13.7. The molecule has 6 aromatic rings. The van der Waals surface area contributed by atoms with Gasteiger partial charge >= 0.3 is 37.7 Å². The molecule has 2 heterocycles. The number of nitrogens with zero attached hydrogens (tertiary/aromatic N) is 2. The standard InChI is InChI=1S/2C27H30FNO6.Ca/c2*1-16(2)25-24(27(34)35)23(17-6-4-3-5-7-17)26(18-8-10-19(28)11-9-18)29(25)13-12-20(30)14-21(31)15-22(32)33;/h2*3-11,16,20-21,30-31H,12-15H2,1-2H3,(H,32,33)(H,34,35);/q;;+2/p-4/t2*20-,21-;/m11./s1. The molecule has 0 saturated carbocycles. The third-order valence-corrected chi connectivity index (χ3v) is 11.7. The van der Waals surface area contributed by atoms with Crippen molar-refractivity contribution in [2.24, 2.45) is 0 Å². The minimum absolute atomic E-state index is 0. The number of benzene rings is 4. The molecule has 0 unspecified atom stereocenters. The van der Waals surface area contributed by atoms with Crippen molar-refractivity contribution in [2.45, 2.75) is 116 Å². The number of aromatic nitrogens is 2. The molecule has 17 heteroatoms. The molecule has 71 heavy (non-hydrogen) atoms. The number of carboxylic acid groups (broad SMARTS) is 4. The molecule has 4 atom stereocenters. The van der Waals surface area contributed by atoms with Crippen molar-refractivity contribution in [1.29, 1.82) is 0 Å². The predicted molar refractivity (Wildman–Crippen MR) is 255 cm³/mol. The van der Waals surface area contributed by atoms with Crippen LogP contribution >= 0.6 is 0 Å². The van der Waals surface area contributed by atoms with E-state index in [2.05, 4.69) is 0 Å². The Morgan fingerprint density at radius 1 is 0.479 bits per heavy atom. The van der Waals surface area contributed by atoms with Crippen LogP contribution in [-0.4, -0.2) is 116 Å². The molecule has 6 rings (SSSR count). The first-order valence-electron chi connectivity index (χ1n) is 22.9. The normalized spacial score (nSPS) is 12.9. The van der Waals surface area contributed by atoms with E-state index in [9.17, 15) is 68.8 Å². The molecular formula is C54H56CaF2N2O12-2. The molecule has 372 valence electrons. The van der Waals surface area contributed by atoms with Gasteiger partial charge in [-0.2, -0.15) is 0 Å². The number of aromatic carboxylic acids is 2. The van der Waals surface area contributed by atoms with Crippen molar-refractivity contribution in [1.82, 2.24) is 9.13 Å². The summed E-state index contributed by atoms with van der Waals surface area (Å²) in [6.45, 7) is 7.74. The zero-order valence-electron chi connectivity index (χ0n) is 39.9. The summed E-state index contributed by atoms with van der Waals surface area (Å²) in [5, 5.41) is 86.9. The van der Waals surface area contributed by atoms with E-state index in [1.807, 2.05) is 39.8 Å². The van der Waals surface area contributed by atoms with E-state index in [1.165, 1.54) is 24.3 Å². The fourth-order valence-electron chi connectivity index (χ4n) is 8.91.